The Bertz CT molecular complexity index is 1050. The number of carboxylic acid groups (broad SMARTS) is 1. The first-order valence-corrected chi connectivity index (χ1v) is 9.43. The number of benzene rings is 2. The Labute approximate surface area is 175 Å². The number of aryl methyl sites for hydroxylation is 1. The van der Waals surface area contributed by atoms with Crippen LogP contribution in [-0.4, -0.2) is 35.1 Å². The zero-order valence-corrected chi connectivity index (χ0v) is 16.9. The van der Waals surface area contributed by atoms with Crippen LogP contribution in [0, 0.1) is 6.92 Å². The van der Waals surface area contributed by atoms with Crippen LogP contribution >= 0.6 is 0 Å². The molecule has 0 amide bonds. The van der Waals surface area contributed by atoms with Crippen LogP contribution in [0.5, 0.6) is 11.5 Å². The van der Waals surface area contributed by atoms with Crippen molar-refractivity contribution in [3.63, 3.8) is 0 Å². The van der Waals surface area contributed by atoms with E-state index in [0.717, 1.165) is 11.1 Å². The number of methoxy groups -OCH3 is 1. The van der Waals surface area contributed by atoms with E-state index in [9.17, 15) is 9.59 Å². The lowest BCUT2D eigenvalue weighted by Gasteiger charge is -2.07. The number of carbonyl (C=O) groups is 2. The van der Waals surface area contributed by atoms with Gasteiger partial charge in [-0.05, 0) is 60.5 Å². The van der Waals surface area contributed by atoms with Crippen molar-refractivity contribution in [3.8, 4) is 11.5 Å². The topological polar surface area (TPSA) is 77.8 Å². The van der Waals surface area contributed by atoms with E-state index in [0.29, 0.717) is 29.3 Å². The predicted octanol–water partition coefficient (Wildman–Crippen LogP) is 4.21. The molecule has 1 N–H and O–H groups in total. The molecule has 0 saturated heterocycles. The Morgan fingerprint density at radius 3 is 2.33 bits per heavy atom. The zero-order chi connectivity index (χ0) is 21.5. The average molecular weight is 405 g/mol. The molecule has 1 aromatic heterocycles. The third kappa shape index (κ3) is 5.38. The second-order valence-electron chi connectivity index (χ2n) is 6.77. The fourth-order valence-corrected chi connectivity index (χ4v) is 3.01. The lowest BCUT2D eigenvalue weighted by Crippen LogP contribution is -2.09. The number of aromatic nitrogens is 1. The number of ether oxygens (including phenoxy) is 2. The van der Waals surface area contributed by atoms with Crippen molar-refractivity contribution in [2.75, 3.05) is 13.7 Å². The number of carbonyl (C=O) groups excluding carboxylic acids is 1. The van der Waals surface area contributed by atoms with Crippen molar-refractivity contribution in [3.05, 3.63) is 89.3 Å². The van der Waals surface area contributed by atoms with Crippen LogP contribution < -0.4 is 9.47 Å². The largest absolute Gasteiger partial charge is 0.497 e. The molecule has 0 atom stereocenters. The fraction of sp³-hybridized carbons (Fsp3) is 0.167. The number of allylic oxidation sites excluding steroid dienone is 1. The van der Waals surface area contributed by atoms with Gasteiger partial charge in [-0.25, -0.2) is 4.79 Å². The Morgan fingerprint density at radius 1 is 1.03 bits per heavy atom. The summed E-state index contributed by atoms with van der Waals surface area (Å²) >= 11 is 0. The monoisotopic (exact) mass is 405 g/mol. The van der Waals surface area contributed by atoms with Gasteiger partial charge in [0.1, 0.15) is 11.5 Å². The minimum Gasteiger partial charge on any atom is -0.497 e. The predicted molar refractivity (Wildman–Crippen MR) is 114 cm³/mol. The lowest BCUT2D eigenvalue weighted by molar-refractivity contribution is -0.139. The maximum absolute atomic E-state index is 12.9. The smallest absolute Gasteiger partial charge is 0.341 e. The van der Waals surface area contributed by atoms with Crippen molar-refractivity contribution in [1.82, 2.24) is 4.57 Å². The molecule has 0 bridgehead atoms. The van der Waals surface area contributed by atoms with E-state index >= 15 is 0 Å². The van der Waals surface area contributed by atoms with Gasteiger partial charge in [-0.3, -0.25) is 4.79 Å². The molecule has 30 heavy (non-hydrogen) atoms. The van der Waals surface area contributed by atoms with E-state index in [4.69, 9.17) is 14.6 Å². The molecule has 0 aliphatic rings. The van der Waals surface area contributed by atoms with Gasteiger partial charge in [-0.1, -0.05) is 24.3 Å². The van der Waals surface area contributed by atoms with Gasteiger partial charge in [0.15, 0.2) is 6.61 Å². The lowest BCUT2D eigenvalue weighted by atomic mass is 10.1. The number of hydrogen-bond donors (Lipinski definition) is 1. The summed E-state index contributed by atoms with van der Waals surface area (Å²) < 4.78 is 12.2. The van der Waals surface area contributed by atoms with Gasteiger partial charge in [-0.2, -0.15) is 0 Å². The summed E-state index contributed by atoms with van der Waals surface area (Å²) in [6.07, 6.45) is 5.86. The van der Waals surface area contributed by atoms with Gasteiger partial charge >= 0.3 is 5.97 Å². The number of hydrogen-bond acceptors (Lipinski definition) is 4. The molecule has 3 aromatic rings. The van der Waals surface area contributed by atoms with Crippen LogP contribution in [0.25, 0.3) is 6.08 Å². The SMILES string of the molecule is COc1ccc(C(=O)c2cc(C)cn2CC=Cc2ccc(OCC(=O)O)cc2)cc1. The molecular weight excluding hydrogens is 382 g/mol. The van der Waals surface area contributed by atoms with E-state index in [-0.39, 0.29) is 12.4 Å². The van der Waals surface area contributed by atoms with Crippen molar-refractivity contribution in [2.24, 2.45) is 0 Å². The molecule has 0 radical (unpaired) electrons. The summed E-state index contributed by atoms with van der Waals surface area (Å²) in [5, 5.41) is 8.65. The summed E-state index contributed by atoms with van der Waals surface area (Å²) in [6.45, 7) is 2.14. The number of ketones is 1. The Kier molecular flexibility index (Phi) is 6.70. The van der Waals surface area contributed by atoms with Crippen LogP contribution in [0.3, 0.4) is 0 Å². The number of aliphatic carboxylic acids is 1. The number of nitrogens with zero attached hydrogens (tertiary/aromatic N) is 1. The first-order valence-electron chi connectivity index (χ1n) is 9.43. The van der Waals surface area contributed by atoms with Crippen LogP contribution in [0.1, 0.15) is 27.2 Å². The molecule has 0 aliphatic heterocycles. The van der Waals surface area contributed by atoms with E-state index in [1.165, 1.54) is 0 Å². The van der Waals surface area contributed by atoms with E-state index in [1.807, 2.05) is 48.0 Å². The van der Waals surface area contributed by atoms with Gasteiger partial charge < -0.3 is 19.1 Å². The van der Waals surface area contributed by atoms with Gasteiger partial charge in [-0.15, -0.1) is 0 Å². The molecule has 6 nitrogen and oxygen atoms in total. The van der Waals surface area contributed by atoms with Gasteiger partial charge in [0.2, 0.25) is 5.78 Å². The second-order valence-corrected chi connectivity index (χ2v) is 6.77. The fourth-order valence-electron chi connectivity index (χ4n) is 3.01. The molecule has 0 saturated carbocycles. The highest BCUT2D eigenvalue weighted by Crippen LogP contribution is 2.18. The van der Waals surface area contributed by atoms with E-state index < -0.39 is 5.97 Å². The number of carboxylic acids is 1. The summed E-state index contributed by atoms with van der Waals surface area (Å²) in [6, 6.07) is 16.1. The second kappa shape index (κ2) is 9.60. The normalized spacial score (nSPS) is 10.9. The van der Waals surface area contributed by atoms with Crippen molar-refractivity contribution in [1.29, 1.82) is 0 Å². The standard InChI is InChI=1S/C24H23NO5/c1-17-14-22(24(28)19-7-11-20(29-2)12-8-19)25(15-17)13-3-4-18-5-9-21(10-6-18)30-16-23(26)27/h3-12,14-15H,13,16H2,1-2H3,(H,26,27). The van der Waals surface area contributed by atoms with Crippen LogP contribution in [0.4, 0.5) is 0 Å². The summed E-state index contributed by atoms with van der Waals surface area (Å²) in [4.78, 5) is 23.5. The van der Waals surface area contributed by atoms with E-state index in [2.05, 4.69) is 0 Å². The zero-order valence-electron chi connectivity index (χ0n) is 16.9. The summed E-state index contributed by atoms with van der Waals surface area (Å²) in [5.74, 6) is 0.156. The quantitative estimate of drug-likeness (QED) is 0.540. The molecule has 1 heterocycles. The number of rotatable bonds is 9. The summed E-state index contributed by atoms with van der Waals surface area (Å²) in [7, 11) is 1.59. The maximum Gasteiger partial charge on any atom is 0.341 e. The highest BCUT2D eigenvalue weighted by Gasteiger charge is 2.14. The van der Waals surface area contributed by atoms with Gasteiger partial charge in [0, 0.05) is 18.3 Å². The third-order valence-corrected chi connectivity index (χ3v) is 4.47. The van der Waals surface area contributed by atoms with Crippen molar-refractivity contribution >= 4 is 17.8 Å². The molecular formula is C24H23NO5. The first kappa shape index (κ1) is 20.9. The molecule has 0 spiro atoms. The molecule has 0 unspecified atom stereocenters. The van der Waals surface area contributed by atoms with Crippen LogP contribution in [-0.2, 0) is 11.3 Å². The maximum atomic E-state index is 12.9. The average Bonchev–Trinajstić information content (AvgIpc) is 3.13. The first-order chi connectivity index (χ1) is 14.5. The molecule has 2 aromatic carbocycles. The molecule has 0 fully saturated rings. The van der Waals surface area contributed by atoms with Crippen LogP contribution in [0.2, 0.25) is 0 Å². The molecule has 154 valence electrons. The molecule has 0 aliphatic carbocycles. The Balaban J connectivity index is 1.68. The highest BCUT2D eigenvalue weighted by atomic mass is 16.5. The molecule has 3 rings (SSSR count). The van der Waals surface area contributed by atoms with Gasteiger partial charge in [0.25, 0.3) is 0 Å². The Hall–Kier alpha value is -3.80. The van der Waals surface area contributed by atoms with E-state index in [1.54, 1.807) is 43.5 Å². The summed E-state index contributed by atoms with van der Waals surface area (Å²) in [5.41, 5.74) is 3.19. The van der Waals surface area contributed by atoms with Crippen LogP contribution in [0.15, 0.2) is 66.9 Å². The molecule has 6 heteroatoms. The van der Waals surface area contributed by atoms with Crippen molar-refractivity contribution < 1.29 is 24.2 Å². The minimum atomic E-state index is -1.01. The third-order valence-electron chi connectivity index (χ3n) is 4.47. The van der Waals surface area contributed by atoms with Gasteiger partial charge in [0.05, 0.1) is 12.8 Å². The van der Waals surface area contributed by atoms with Crippen molar-refractivity contribution in [2.45, 2.75) is 13.5 Å². The minimum absolute atomic E-state index is 0.0425. The highest BCUT2D eigenvalue weighted by molar-refractivity contribution is 6.08. The Morgan fingerprint density at radius 2 is 1.70 bits per heavy atom.